The number of urea groups is 1. The number of nitrogens with one attached hydrogen (secondary N) is 1. The zero-order valence-corrected chi connectivity index (χ0v) is 15.1. The van der Waals surface area contributed by atoms with E-state index in [0.717, 1.165) is 52.1 Å². The molecule has 2 aliphatic heterocycles. The van der Waals surface area contributed by atoms with Gasteiger partial charge in [0.15, 0.2) is 0 Å². The van der Waals surface area contributed by atoms with Crippen molar-refractivity contribution < 1.29 is 9.90 Å². The Balaban J connectivity index is 1.42. The number of carbonyl (C=O) groups is 1. The lowest BCUT2D eigenvalue weighted by Crippen LogP contribution is -2.53. The number of hydrogen-bond acceptors (Lipinski definition) is 4. The lowest BCUT2D eigenvalue weighted by Gasteiger charge is -2.37. The number of carbonyl (C=O) groups excluding carboxylic acids is 1. The van der Waals surface area contributed by atoms with E-state index in [1.807, 2.05) is 6.07 Å². The summed E-state index contributed by atoms with van der Waals surface area (Å²) in [5.41, 5.74) is 1.28. The average Bonchev–Trinajstić information content (AvgIpc) is 3.12. The highest BCUT2D eigenvalue weighted by Crippen LogP contribution is 2.17. The largest absolute Gasteiger partial charge is 0.394 e. The van der Waals surface area contributed by atoms with Gasteiger partial charge in [0.2, 0.25) is 0 Å². The van der Waals surface area contributed by atoms with Crippen LogP contribution in [0.25, 0.3) is 0 Å². The van der Waals surface area contributed by atoms with E-state index in [0.29, 0.717) is 0 Å². The minimum atomic E-state index is -0.0352. The van der Waals surface area contributed by atoms with Gasteiger partial charge in [0.25, 0.3) is 0 Å². The number of rotatable bonds is 5. The van der Waals surface area contributed by atoms with Gasteiger partial charge >= 0.3 is 6.03 Å². The van der Waals surface area contributed by atoms with Gasteiger partial charge in [-0.15, -0.1) is 0 Å². The maximum absolute atomic E-state index is 12.4. The van der Waals surface area contributed by atoms with Crippen molar-refractivity contribution in [2.45, 2.75) is 31.8 Å². The predicted molar refractivity (Wildman–Crippen MR) is 99.9 cm³/mol. The Morgan fingerprint density at radius 3 is 2.60 bits per heavy atom. The maximum atomic E-state index is 12.4. The fourth-order valence-corrected chi connectivity index (χ4v) is 3.85. The number of amides is 2. The van der Waals surface area contributed by atoms with E-state index in [1.165, 1.54) is 5.69 Å². The van der Waals surface area contributed by atoms with Crippen molar-refractivity contribution in [2.24, 2.45) is 0 Å². The molecule has 6 heteroatoms. The van der Waals surface area contributed by atoms with Crippen molar-refractivity contribution in [2.75, 3.05) is 50.8 Å². The molecule has 2 fully saturated rings. The second-order valence-corrected chi connectivity index (χ2v) is 7.15. The summed E-state index contributed by atoms with van der Waals surface area (Å²) < 4.78 is 0. The Morgan fingerprint density at radius 2 is 1.92 bits per heavy atom. The van der Waals surface area contributed by atoms with Crippen LogP contribution in [0.3, 0.4) is 0 Å². The van der Waals surface area contributed by atoms with E-state index in [1.54, 1.807) is 4.90 Å². The van der Waals surface area contributed by atoms with Crippen LogP contribution in [-0.2, 0) is 0 Å². The summed E-state index contributed by atoms with van der Waals surface area (Å²) in [5, 5.41) is 12.5. The summed E-state index contributed by atoms with van der Waals surface area (Å²) in [4.78, 5) is 19.0. The predicted octanol–water partition coefficient (Wildman–Crippen LogP) is 1.36. The summed E-state index contributed by atoms with van der Waals surface area (Å²) in [6.45, 7) is 7.79. The highest BCUT2D eigenvalue weighted by atomic mass is 16.3. The van der Waals surface area contributed by atoms with E-state index in [9.17, 15) is 9.90 Å². The van der Waals surface area contributed by atoms with Crippen LogP contribution in [0, 0.1) is 0 Å². The third kappa shape index (κ3) is 4.64. The molecule has 1 unspecified atom stereocenters. The van der Waals surface area contributed by atoms with Crippen molar-refractivity contribution in [1.82, 2.24) is 15.1 Å². The molecule has 0 saturated carbocycles. The molecular weight excluding hydrogens is 316 g/mol. The number of likely N-dealkylation sites (tertiary alicyclic amines) is 1. The fraction of sp³-hybridized carbons (Fsp3) is 0.632. The van der Waals surface area contributed by atoms with Crippen molar-refractivity contribution in [1.29, 1.82) is 0 Å². The van der Waals surface area contributed by atoms with Gasteiger partial charge in [-0.25, -0.2) is 4.79 Å². The molecule has 0 spiro atoms. The third-order valence-corrected chi connectivity index (χ3v) is 5.24. The first-order valence-corrected chi connectivity index (χ1v) is 9.37. The van der Waals surface area contributed by atoms with Crippen molar-refractivity contribution in [3.63, 3.8) is 0 Å². The van der Waals surface area contributed by atoms with Crippen LogP contribution >= 0.6 is 0 Å². The number of nitrogens with zero attached hydrogens (tertiary/aromatic N) is 3. The highest BCUT2D eigenvalue weighted by Gasteiger charge is 2.29. The molecule has 1 aromatic rings. The molecule has 0 radical (unpaired) electrons. The molecule has 3 rings (SSSR count). The Kier molecular flexibility index (Phi) is 6.15. The first-order valence-electron chi connectivity index (χ1n) is 9.37. The van der Waals surface area contributed by atoms with Gasteiger partial charge in [0.05, 0.1) is 12.6 Å². The minimum absolute atomic E-state index is 0.0124. The third-order valence-electron chi connectivity index (χ3n) is 5.24. The van der Waals surface area contributed by atoms with Crippen molar-refractivity contribution in [3.8, 4) is 0 Å². The van der Waals surface area contributed by atoms with Crippen LogP contribution < -0.4 is 10.2 Å². The van der Waals surface area contributed by atoms with E-state index in [-0.39, 0.29) is 24.7 Å². The Morgan fingerprint density at radius 1 is 1.20 bits per heavy atom. The fourth-order valence-electron chi connectivity index (χ4n) is 3.85. The number of aliphatic hydroxyl groups is 1. The maximum Gasteiger partial charge on any atom is 0.317 e. The Hall–Kier alpha value is -1.79. The topological polar surface area (TPSA) is 59.0 Å². The zero-order chi connectivity index (χ0) is 17.6. The molecule has 2 saturated heterocycles. The molecular formula is C19H30N4O2. The van der Waals surface area contributed by atoms with Crippen LogP contribution in [0.2, 0.25) is 0 Å². The molecule has 138 valence electrons. The van der Waals surface area contributed by atoms with Crippen molar-refractivity contribution in [3.05, 3.63) is 30.3 Å². The van der Waals surface area contributed by atoms with E-state index in [4.69, 9.17) is 0 Å². The van der Waals surface area contributed by atoms with E-state index < -0.39 is 0 Å². The molecule has 2 N–H and O–H groups in total. The number of hydrogen-bond donors (Lipinski definition) is 2. The molecule has 2 atom stereocenters. The van der Waals surface area contributed by atoms with Gasteiger partial charge in [-0.05, 0) is 31.9 Å². The molecule has 0 aliphatic carbocycles. The molecule has 0 aromatic heterocycles. The quantitative estimate of drug-likeness (QED) is 0.845. The van der Waals surface area contributed by atoms with Crippen LogP contribution in [-0.4, -0.2) is 78.9 Å². The van der Waals surface area contributed by atoms with Gasteiger partial charge in [-0.3, -0.25) is 4.90 Å². The number of para-hydroxylation sites is 1. The lowest BCUT2D eigenvalue weighted by molar-refractivity contribution is 0.151. The molecule has 2 amide bonds. The Bertz CT molecular complexity index is 546. The first-order chi connectivity index (χ1) is 12.2. The summed E-state index contributed by atoms with van der Waals surface area (Å²) in [7, 11) is 0. The van der Waals surface area contributed by atoms with Gasteiger partial charge in [-0.1, -0.05) is 18.2 Å². The number of aliphatic hydroxyl groups excluding tert-OH is 1. The summed E-state index contributed by atoms with van der Waals surface area (Å²) in [6, 6.07) is 10.6. The summed E-state index contributed by atoms with van der Waals surface area (Å²) in [6.07, 6.45) is 1.88. The first kappa shape index (κ1) is 18.0. The second-order valence-electron chi connectivity index (χ2n) is 7.15. The normalized spacial score (nSPS) is 22.9. The van der Waals surface area contributed by atoms with Gasteiger partial charge < -0.3 is 20.2 Å². The van der Waals surface area contributed by atoms with Gasteiger partial charge in [0.1, 0.15) is 0 Å². The zero-order valence-electron chi connectivity index (χ0n) is 15.1. The molecule has 25 heavy (non-hydrogen) atoms. The van der Waals surface area contributed by atoms with Crippen molar-refractivity contribution >= 4 is 11.7 Å². The standard InChI is InChI=1S/C19H30N4O2/c1-16(20-19(25)23-9-5-8-18(23)15-24)14-21-10-12-22(13-11-21)17-6-3-2-4-7-17/h2-4,6-7,16,18,24H,5,8-15H2,1H3,(H,20,25)/t16?,18-/m0/s1. The van der Waals surface area contributed by atoms with Crippen LogP contribution in [0.5, 0.6) is 0 Å². The molecule has 0 bridgehead atoms. The molecule has 1 aromatic carbocycles. The second kappa shape index (κ2) is 8.54. The SMILES string of the molecule is CC(CN1CCN(c2ccccc2)CC1)NC(=O)N1CCC[C@H]1CO. The number of piperazine rings is 1. The van der Waals surface area contributed by atoms with E-state index >= 15 is 0 Å². The van der Waals surface area contributed by atoms with E-state index in [2.05, 4.69) is 46.3 Å². The smallest absolute Gasteiger partial charge is 0.317 e. The Labute approximate surface area is 150 Å². The number of benzene rings is 1. The minimum Gasteiger partial charge on any atom is -0.394 e. The molecule has 6 nitrogen and oxygen atoms in total. The lowest BCUT2D eigenvalue weighted by atomic mass is 10.2. The van der Waals surface area contributed by atoms with Crippen LogP contribution in [0.1, 0.15) is 19.8 Å². The monoisotopic (exact) mass is 346 g/mol. The molecule has 2 heterocycles. The summed E-state index contributed by atoms with van der Waals surface area (Å²) in [5.74, 6) is 0. The van der Waals surface area contributed by atoms with Crippen LogP contribution in [0.4, 0.5) is 10.5 Å². The highest BCUT2D eigenvalue weighted by molar-refractivity contribution is 5.75. The molecule has 2 aliphatic rings. The van der Waals surface area contributed by atoms with Gasteiger partial charge in [0, 0.05) is 51.0 Å². The van der Waals surface area contributed by atoms with Gasteiger partial charge in [-0.2, -0.15) is 0 Å². The number of anilines is 1. The van der Waals surface area contributed by atoms with Crippen LogP contribution in [0.15, 0.2) is 30.3 Å². The summed E-state index contributed by atoms with van der Waals surface area (Å²) >= 11 is 0. The average molecular weight is 346 g/mol.